The Hall–Kier alpha value is -1.54. The molecule has 160 valence electrons. The number of nitrogens with one attached hydrogen (secondary N) is 1. The summed E-state index contributed by atoms with van der Waals surface area (Å²) >= 11 is 6.11. The molecular weight excluding hydrogens is 392 g/mol. The van der Waals surface area contributed by atoms with Crippen molar-refractivity contribution >= 4 is 23.3 Å². The van der Waals surface area contributed by atoms with E-state index in [2.05, 4.69) is 21.2 Å². The number of hydrogen-bond donors (Lipinski definition) is 1. The Labute approximate surface area is 177 Å². The first-order valence-electron chi connectivity index (χ1n) is 10.6. The van der Waals surface area contributed by atoms with E-state index < -0.39 is 0 Å². The Kier molecular flexibility index (Phi) is 7.13. The number of anilines is 1. The molecule has 2 amide bonds. The second kappa shape index (κ2) is 9.98. The summed E-state index contributed by atoms with van der Waals surface area (Å²) in [6.07, 6.45) is 1.07. The van der Waals surface area contributed by atoms with Crippen LogP contribution in [0.25, 0.3) is 0 Å². The van der Waals surface area contributed by atoms with Crippen LogP contribution in [0.2, 0.25) is 5.02 Å². The van der Waals surface area contributed by atoms with Crippen molar-refractivity contribution in [2.45, 2.75) is 12.5 Å². The second-order valence-electron chi connectivity index (χ2n) is 7.98. The van der Waals surface area contributed by atoms with E-state index in [0.717, 1.165) is 69.7 Å². The monoisotopic (exact) mass is 422 g/mol. The van der Waals surface area contributed by atoms with Gasteiger partial charge in [-0.1, -0.05) is 17.7 Å². The van der Waals surface area contributed by atoms with E-state index in [1.165, 1.54) is 0 Å². The lowest BCUT2D eigenvalue weighted by Gasteiger charge is -2.39. The van der Waals surface area contributed by atoms with Gasteiger partial charge >= 0.3 is 6.03 Å². The van der Waals surface area contributed by atoms with Gasteiger partial charge in [-0.3, -0.25) is 4.90 Å². The number of halogens is 1. The number of hydrogen-bond acceptors (Lipinski definition) is 5. The van der Waals surface area contributed by atoms with Gasteiger partial charge in [-0.25, -0.2) is 4.79 Å². The quantitative estimate of drug-likeness (QED) is 0.785. The van der Waals surface area contributed by atoms with Gasteiger partial charge in [0.2, 0.25) is 0 Å². The van der Waals surface area contributed by atoms with Crippen LogP contribution >= 0.6 is 11.6 Å². The Morgan fingerprint density at radius 3 is 2.59 bits per heavy atom. The third kappa shape index (κ3) is 5.34. The highest BCUT2D eigenvalue weighted by Crippen LogP contribution is 2.23. The van der Waals surface area contributed by atoms with Crippen LogP contribution in [0.1, 0.15) is 6.42 Å². The Morgan fingerprint density at radius 2 is 1.90 bits per heavy atom. The van der Waals surface area contributed by atoms with Crippen LogP contribution in [0.4, 0.5) is 10.5 Å². The summed E-state index contributed by atoms with van der Waals surface area (Å²) < 4.78 is 11.1. The van der Waals surface area contributed by atoms with Crippen molar-refractivity contribution < 1.29 is 14.3 Å². The normalized spacial score (nSPS) is 24.5. The number of rotatable bonds is 5. The molecule has 0 aromatic heterocycles. The summed E-state index contributed by atoms with van der Waals surface area (Å²) in [6.45, 7) is 8.73. The van der Waals surface area contributed by atoms with E-state index in [9.17, 15) is 4.79 Å². The minimum atomic E-state index is 0.0351. The third-order valence-electron chi connectivity index (χ3n) is 6.23. The van der Waals surface area contributed by atoms with Gasteiger partial charge in [0.15, 0.2) is 0 Å². The number of nitrogens with zero attached hydrogens (tertiary/aromatic N) is 3. The lowest BCUT2D eigenvalue weighted by atomic mass is 9.97. The van der Waals surface area contributed by atoms with Crippen LogP contribution in [-0.4, -0.2) is 94.1 Å². The molecule has 0 bridgehead atoms. The number of benzene rings is 1. The Balaban J connectivity index is 1.28. The maximum absolute atomic E-state index is 12.8. The molecule has 0 saturated carbocycles. The van der Waals surface area contributed by atoms with E-state index in [1.54, 1.807) is 0 Å². The number of morpholine rings is 1. The van der Waals surface area contributed by atoms with Gasteiger partial charge in [-0.15, -0.1) is 0 Å². The number of carbonyl (C=O) groups excluding carboxylic acids is 1. The zero-order valence-electron chi connectivity index (χ0n) is 16.9. The summed E-state index contributed by atoms with van der Waals surface area (Å²) in [6, 6.07) is 8.25. The molecule has 1 aromatic carbocycles. The molecule has 7 nitrogen and oxygen atoms in total. The van der Waals surface area contributed by atoms with Gasteiger partial charge in [0, 0.05) is 75.1 Å². The first-order valence-corrected chi connectivity index (χ1v) is 11.0. The molecule has 0 unspecified atom stereocenters. The highest BCUT2D eigenvalue weighted by molar-refractivity contribution is 6.30. The topological polar surface area (TPSA) is 57.3 Å². The maximum Gasteiger partial charge on any atom is 0.317 e. The van der Waals surface area contributed by atoms with Crippen molar-refractivity contribution in [3.05, 3.63) is 29.3 Å². The molecule has 3 saturated heterocycles. The first-order chi connectivity index (χ1) is 14.2. The van der Waals surface area contributed by atoms with Gasteiger partial charge in [-0.2, -0.15) is 0 Å². The van der Waals surface area contributed by atoms with Gasteiger partial charge in [0.1, 0.15) is 0 Å². The van der Waals surface area contributed by atoms with Crippen LogP contribution in [0.15, 0.2) is 24.3 Å². The minimum Gasteiger partial charge on any atom is -0.381 e. The van der Waals surface area contributed by atoms with Crippen LogP contribution in [0.5, 0.6) is 0 Å². The molecule has 4 rings (SSSR count). The third-order valence-corrected chi connectivity index (χ3v) is 6.46. The lowest BCUT2D eigenvalue weighted by Crippen LogP contribution is -2.56. The highest BCUT2D eigenvalue weighted by atomic mass is 35.5. The van der Waals surface area contributed by atoms with Crippen LogP contribution in [0.3, 0.4) is 0 Å². The van der Waals surface area contributed by atoms with Gasteiger partial charge in [-0.05, 0) is 24.6 Å². The molecule has 0 spiro atoms. The molecular formula is C21H31ClN4O3. The predicted octanol–water partition coefficient (Wildman–Crippen LogP) is 1.91. The van der Waals surface area contributed by atoms with Gasteiger partial charge in [0.05, 0.1) is 19.8 Å². The molecule has 1 aromatic rings. The van der Waals surface area contributed by atoms with E-state index in [1.807, 2.05) is 23.1 Å². The molecule has 2 atom stereocenters. The van der Waals surface area contributed by atoms with Crippen molar-refractivity contribution in [3.8, 4) is 0 Å². The molecule has 0 aliphatic carbocycles. The largest absolute Gasteiger partial charge is 0.381 e. The van der Waals surface area contributed by atoms with Crippen molar-refractivity contribution in [3.63, 3.8) is 0 Å². The van der Waals surface area contributed by atoms with Crippen LogP contribution < -0.4 is 10.2 Å². The number of amides is 2. The van der Waals surface area contributed by atoms with Crippen molar-refractivity contribution in [1.29, 1.82) is 0 Å². The SMILES string of the molecule is O=C(NC[C@H]([C@H]1CCOC1)N1CCOCC1)N1CCN(c2cccc(Cl)c2)CC1. The average Bonchev–Trinajstić information content (AvgIpc) is 3.29. The molecule has 29 heavy (non-hydrogen) atoms. The predicted molar refractivity (Wildman–Crippen MR) is 114 cm³/mol. The molecule has 3 aliphatic rings. The molecule has 3 aliphatic heterocycles. The molecule has 3 heterocycles. The average molecular weight is 423 g/mol. The zero-order valence-corrected chi connectivity index (χ0v) is 17.6. The summed E-state index contributed by atoms with van der Waals surface area (Å²) in [4.78, 5) is 19.5. The van der Waals surface area contributed by atoms with Crippen molar-refractivity contribution in [2.75, 3.05) is 77.1 Å². The molecule has 0 radical (unpaired) electrons. The fourth-order valence-corrected chi connectivity index (χ4v) is 4.69. The van der Waals surface area contributed by atoms with Crippen LogP contribution in [0, 0.1) is 5.92 Å². The lowest BCUT2D eigenvalue weighted by molar-refractivity contribution is 0.00185. The van der Waals surface area contributed by atoms with Gasteiger partial charge < -0.3 is 24.6 Å². The number of carbonyl (C=O) groups is 1. The zero-order chi connectivity index (χ0) is 20.1. The number of piperazine rings is 1. The Morgan fingerprint density at radius 1 is 1.10 bits per heavy atom. The fourth-order valence-electron chi connectivity index (χ4n) is 4.50. The van der Waals surface area contributed by atoms with E-state index in [4.69, 9.17) is 21.1 Å². The summed E-state index contributed by atoms with van der Waals surface area (Å²) in [5, 5.41) is 3.94. The minimum absolute atomic E-state index is 0.0351. The van der Waals surface area contributed by atoms with Crippen molar-refractivity contribution in [2.24, 2.45) is 5.92 Å². The van der Waals surface area contributed by atoms with Gasteiger partial charge in [0.25, 0.3) is 0 Å². The van der Waals surface area contributed by atoms with Crippen LogP contribution in [-0.2, 0) is 9.47 Å². The second-order valence-corrected chi connectivity index (χ2v) is 8.42. The van der Waals surface area contributed by atoms with E-state index in [0.29, 0.717) is 31.6 Å². The summed E-state index contributed by atoms with van der Waals surface area (Å²) in [7, 11) is 0. The maximum atomic E-state index is 12.8. The number of ether oxygens (including phenoxy) is 2. The number of urea groups is 1. The standard InChI is InChI=1S/C21H31ClN4O3/c22-18-2-1-3-19(14-18)24-5-7-26(8-6-24)21(27)23-15-20(17-4-11-29-16-17)25-9-12-28-13-10-25/h1-3,14,17,20H,4-13,15-16H2,(H,23,27)/t17-,20+/m0/s1. The molecule has 3 fully saturated rings. The summed E-state index contributed by atoms with van der Waals surface area (Å²) in [5.74, 6) is 0.480. The smallest absolute Gasteiger partial charge is 0.317 e. The van der Waals surface area contributed by atoms with E-state index in [-0.39, 0.29) is 6.03 Å². The first kappa shape index (κ1) is 20.7. The Bertz CT molecular complexity index is 672. The van der Waals surface area contributed by atoms with E-state index >= 15 is 0 Å². The van der Waals surface area contributed by atoms with Crippen molar-refractivity contribution in [1.82, 2.24) is 15.1 Å². The highest BCUT2D eigenvalue weighted by Gasteiger charge is 2.32. The fraction of sp³-hybridized carbons (Fsp3) is 0.667. The molecule has 8 heteroatoms. The molecule has 1 N–H and O–H groups in total. The summed E-state index contributed by atoms with van der Waals surface area (Å²) in [5.41, 5.74) is 1.12.